The Morgan fingerprint density at radius 3 is 2.79 bits per heavy atom. The van der Waals surface area contributed by atoms with Crippen LogP contribution in [-0.2, 0) is 19.7 Å². The summed E-state index contributed by atoms with van der Waals surface area (Å²) in [5.41, 5.74) is 3.33. The van der Waals surface area contributed by atoms with Gasteiger partial charge >= 0.3 is 0 Å². The number of benzene rings is 2. The van der Waals surface area contributed by atoms with Gasteiger partial charge in [0.05, 0.1) is 13.7 Å². The molecule has 0 atom stereocenters. The molecule has 0 aliphatic carbocycles. The van der Waals surface area contributed by atoms with Crippen molar-refractivity contribution in [1.29, 1.82) is 0 Å². The van der Waals surface area contributed by atoms with E-state index in [4.69, 9.17) is 9.47 Å². The summed E-state index contributed by atoms with van der Waals surface area (Å²) in [6, 6.07) is 12.0. The first-order valence-corrected chi connectivity index (χ1v) is 9.56. The third-order valence-corrected chi connectivity index (χ3v) is 4.99. The third-order valence-electron chi connectivity index (χ3n) is 4.25. The molecule has 0 aliphatic heterocycles. The Hall–Kier alpha value is -2.87. The van der Waals surface area contributed by atoms with E-state index in [1.807, 2.05) is 24.3 Å². The fourth-order valence-corrected chi connectivity index (χ4v) is 3.13. The molecule has 0 unspecified atom stereocenters. The molecule has 0 amide bonds. The first kappa shape index (κ1) is 19.9. The Balaban J connectivity index is 1.73. The van der Waals surface area contributed by atoms with Crippen LogP contribution in [-0.4, -0.2) is 27.3 Å². The number of hydrogen-bond donors (Lipinski definition) is 1. The number of nitrogens with one attached hydrogen (secondary N) is 1. The first-order chi connectivity index (χ1) is 13.6. The molecule has 3 aromatic rings. The summed E-state index contributed by atoms with van der Waals surface area (Å²) in [6.45, 7) is 7.30. The van der Waals surface area contributed by atoms with Gasteiger partial charge in [0.25, 0.3) is 0 Å². The van der Waals surface area contributed by atoms with Gasteiger partial charge in [-0.05, 0) is 46.2 Å². The average molecular weight is 444 g/mol. The highest BCUT2D eigenvalue weighted by Gasteiger charge is 2.12. The van der Waals surface area contributed by atoms with Crippen molar-refractivity contribution in [3.05, 3.63) is 70.2 Å². The number of ether oxygens (including phenoxy) is 2. The lowest BCUT2D eigenvalue weighted by Gasteiger charge is -2.15. The van der Waals surface area contributed by atoms with Crippen LogP contribution in [0.2, 0.25) is 0 Å². The van der Waals surface area contributed by atoms with Crippen LogP contribution < -0.4 is 14.8 Å². The quantitative estimate of drug-likeness (QED) is 0.501. The summed E-state index contributed by atoms with van der Waals surface area (Å²) < 4.78 is 14.1. The van der Waals surface area contributed by atoms with Gasteiger partial charge in [0.15, 0.2) is 11.5 Å². The van der Waals surface area contributed by atoms with E-state index in [9.17, 15) is 0 Å². The van der Waals surface area contributed by atoms with Gasteiger partial charge < -0.3 is 14.8 Å². The Morgan fingerprint density at radius 2 is 2.04 bits per heavy atom. The zero-order valence-electron chi connectivity index (χ0n) is 15.9. The van der Waals surface area contributed by atoms with E-state index in [0.29, 0.717) is 37.1 Å². The van der Waals surface area contributed by atoms with Crippen molar-refractivity contribution in [3.63, 3.8) is 0 Å². The minimum Gasteiger partial charge on any atom is -0.493 e. The predicted molar refractivity (Wildman–Crippen MR) is 112 cm³/mol. The fourth-order valence-electron chi connectivity index (χ4n) is 2.66. The number of aryl methyl sites for hydroxylation is 1. The molecule has 0 aliphatic rings. The molecule has 0 radical (unpaired) electrons. The van der Waals surface area contributed by atoms with E-state index in [1.54, 1.807) is 17.9 Å². The Morgan fingerprint density at radius 1 is 1.21 bits per heavy atom. The normalized spacial score (nSPS) is 10.5. The minimum absolute atomic E-state index is 0.476. The van der Waals surface area contributed by atoms with Crippen LogP contribution in [0.25, 0.3) is 0 Å². The van der Waals surface area contributed by atoms with Crippen LogP contribution in [0.5, 0.6) is 11.5 Å². The molecule has 146 valence electrons. The number of anilines is 1. The number of halogens is 1. The zero-order valence-corrected chi connectivity index (χ0v) is 17.4. The highest BCUT2D eigenvalue weighted by atomic mass is 79.9. The number of tetrazole rings is 1. The molecule has 28 heavy (non-hydrogen) atoms. The number of allylic oxidation sites excluding steroid dienone is 1. The standard InChI is InChI=1S/C20H22BrN5O2/c1-4-9-26-20(23-24-25-26)22-12-16-10-18(27-3)19(11-17(16)21)28-13-15-8-6-5-7-14(15)2/h4-8,10-11H,1,9,12-13H2,2-3H3,(H,22,23,25). The second-order valence-corrected chi connectivity index (χ2v) is 6.99. The van der Waals surface area contributed by atoms with E-state index in [0.717, 1.165) is 15.6 Å². The van der Waals surface area contributed by atoms with Gasteiger partial charge in [-0.3, -0.25) is 0 Å². The van der Waals surface area contributed by atoms with Crippen molar-refractivity contribution in [2.24, 2.45) is 0 Å². The molecule has 1 aromatic heterocycles. The molecule has 2 aromatic carbocycles. The van der Waals surface area contributed by atoms with E-state index in [1.165, 1.54) is 5.56 Å². The second-order valence-electron chi connectivity index (χ2n) is 6.14. The molecule has 1 heterocycles. The first-order valence-electron chi connectivity index (χ1n) is 8.77. The smallest absolute Gasteiger partial charge is 0.243 e. The van der Waals surface area contributed by atoms with E-state index in [2.05, 4.69) is 62.4 Å². The number of rotatable bonds is 9. The molecule has 0 spiro atoms. The molecule has 8 heteroatoms. The lowest BCUT2D eigenvalue weighted by molar-refractivity contribution is 0.283. The highest BCUT2D eigenvalue weighted by Crippen LogP contribution is 2.34. The van der Waals surface area contributed by atoms with Crippen LogP contribution in [0.4, 0.5) is 5.95 Å². The van der Waals surface area contributed by atoms with Crippen LogP contribution in [0.1, 0.15) is 16.7 Å². The maximum atomic E-state index is 6.01. The number of hydrogen-bond acceptors (Lipinski definition) is 6. The summed E-state index contributed by atoms with van der Waals surface area (Å²) in [4.78, 5) is 0. The Labute approximate surface area is 172 Å². The summed E-state index contributed by atoms with van der Waals surface area (Å²) >= 11 is 3.61. The summed E-state index contributed by atoms with van der Waals surface area (Å²) in [6.07, 6.45) is 1.74. The van der Waals surface area contributed by atoms with Crippen molar-refractivity contribution in [3.8, 4) is 11.5 Å². The van der Waals surface area contributed by atoms with Gasteiger partial charge in [-0.1, -0.05) is 51.4 Å². The Bertz CT molecular complexity index is 958. The SMILES string of the molecule is C=CCn1nnnc1NCc1cc(OC)c(OCc2ccccc2C)cc1Br. The molecule has 0 saturated carbocycles. The predicted octanol–water partition coefficient (Wildman–Crippen LogP) is 4.13. The molecule has 3 rings (SSSR count). The monoisotopic (exact) mass is 443 g/mol. The average Bonchev–Trinajstić information content (AvgIpc) is 3.14. The summed E-state index contributed by atoms with van der Waals surface area (Å²) in [5, 5.41) is 14.8. The molecule has 7 nitrogen and oxygen atoms in total. The minimum atomic E-state index is 0.476. The lowest BCUT2D eigenvalue weighted by Crippen LogP contribution is -2.09. The van der Waals surface area contributed by atoms with Crippen molar-refractivity contribution >= 4 is 21.9 Å². The van der Waals surface area contributed by atoms with Crippen molar-refractivity contribution in [2.75, 3.05) is 12.4 Å². The van der Waals surface area contributed by atoms with Gasteiger partial charge in [0.1, 0.15) is 6.61 Å². The maximum absolute atomic E-state index is 6.01. The molecule has 0 saturated heterocycles. The topological polar surface area (TPSA) is 74.1 Å². The van der Waals surface area contributed by atoms with Gasteiger partial charge in [-0.15, -0.1) is 6.58 Å². The highest BCUT2D eigenvalue weighted by molar-refractivity contribution is 9.10. The van der Waals surface area contributed by atoms with E-state index >= 15 is 0 Å². The van der Waals surface area contributed by atoms with Crippen LogP contribution in [0.3, 0.4) is 0 Å². The summed E-state index contributed by atoms with van der Waals surface area (Å²) in [7, 11) is 1.63. The summed E-state index contributed by atoms with van der Waals surface area (Å²) in [5.74, 6) is 1.92. The third kappa shape index (κ3) is 4.69. The lowest BCUT2D eigenvalue weighted by atomic mass is 10.1. The van der Waals surface area contributed by atoms with Crippen LogP contribution in [0, 0.1) is 6.92 Å². The fraction of sp³-hybridized carbons (Fsp3) is 0.250. The number of nitrogens with zero attached hydrogens (tertiary/aromatic N) is 4. The molecular weight excluding hydrogens is 422 g/mol. The van der Waals surface area contributed by atoms with E-state index in [-0.39, 0.29) is 0 Å². The number of aromatic nitrogens is 4. The van der Waals surface area contributed by atoms with Gasteiger partial charge in [-0.25, -0.2) is 4.68 Å². The molecule has 1 N–H and O–H groups in total. The Kier molecular flexibility index (Phi) is 6.65. The van der Waals surface area contributed by atoms with Gasteiger partial charge in [-0.2, -0.15) is 0 Å². The largest absolute Gasteiger partial charge is 0.493 e. The van der Waals surface area contributed by atoms with Gasteiger partial charge in [0, 0.05) is 11.0 Å². The molecule has 0 bridgehead atoms. The van der Waals surface area contributed by atoms with Crippen LogP contribution in [0.15, 0.2) is 53.5 Å². The molecule has 0 fully saturated rings. The van der Waals surface area contributed by atoms with Gasteiger partial charge in [0.2, 0.25) is 5.95 Å². The zero-order chi connectivity index (χ0) is 19.9. The maximum Gasteiger partial charge on any atom is 0.243 e. The molecular formula is C20H22BrN5O2. The number of methoxy groups -OCH3 is 1. The van der Waals surface area contributed by atoms with Crippen molar-refractivity contribution < 1.29 is 9.47 Å². The second kappa shape index (κ2) is 9.36. The van der Waals surface area contributed by atoms with E-state index < -0.39 is 0 Å². The van der Waals surface area contributed by atoms with Crippen molar-refractivity contribution in [1.82, 2.24) is 20.2 Å². The van der Waals surface area contributed by atoms with Crippen LogP contribution >= 0.6 is 15.9 Å². The van der Waals surface area contributed by atoms with Crippen molar-refractivity contribution in [2.45, 2.75) is 26.6 Å².